The maximum Gasteiger partial charge on any atom is 0.257 e. The second-order valence-electron chi connectivity index (χ2n) is 8.21. The Balaban J connectivity index is 1.38. The fourth-order valence-electron chi connectivity index (χ4n) is 4.71. The summed E-state index contributed by atoms with van der Waals surface area (Å²) in [6, 6.07) is 14.2. The summed E-state index contributed by atoms with van der Waals surface area (Å²) >= 11 is 6.21. The van der Waals surface area contributed by atoms with E-state index in [2.05, 4.69) is 10.3 Å². The summed E-state index contributed by atoms with van der Waals surface area (Å²) in [5, 5.41) is 4.17. The topological polar surface area (TPSA) is 82.6 Å². The minimum absolute atomic E-state index is 0.0120. The first-order valence-electron chi connectivity index (χ1n) is 10.5. The van der Waals surface area contributed by atoms with Crippen molar-refractivity contribution in [2.24, 2.45) is 0 Å². The summed E-state index contributed by atoms with van der Waals surface area (Å²) in [6.07, 6.45) is 2.64. The third-order valence-electron chi connectivity index (χ3n) is 6.30. The molecule has 3 heterocycles. The van der Waals surface area contributed by atoms with Crippen LogP contribution in [0, 0.1) is 0 Å². The quantitative estimate of drug-likeness (QED) is 0.648. The Labute approximate surface area is 190 Å². The fraction of sp³-hybridized carbons (Fsp3) is 0.250. The Morgan fingerprint density at radius 2 is 1.97 bits per heavy atom. The number of benzene rings is 2. The molecular formula is C24H21ClN4O3. The van der Waals surface area contributed by atoms with E-state index >= 15 is 0 Å². The van der Waals surface area contributed by atoms with Crippen LogP contribution in [-0.2, 0) is 9.59 Å². The van der Waals surface area contributed by atoms with Gasteiger partial charge < -0.3 is 10.2 Å². The van der Waals surface area contributed by atoms with E-state index in [0.717, 1.165) is 5.39 Å². The van der Waals surface area contributed by atoms with Crippen LogP contribution in [0.3, 0.4) is 0 Å². The van der Waals surface area contributed by atoms with Gasteiger partial charge in [0.2, 0.25) is 11.8 Å². The fourth-order valence-corrected chi connectivity index (χ4v) is 4.93. The number of nitrogens with one attached hydrogen (secondary N) is 1. The van der Waals surface area contributed by atoms with Gasteiger partial charge in [0.15, 0.2) is 0 Å². The predicted octanol–water partition coefficient (Wildman–Crippen LogP) is 4.22. The number of anilines is 2. The molecule has 0 saturated carbocycles. The minimum Gasteiger partial charge on any atom is -0.325 e. The zero-order chi connectivity index (χ0) is 22.5. The van der Waals surface area contributed by atoms with Crippen LogP contribution in [0.25, 0.3) is 10.9 Å². The van der Waals surface area contributed by atoms with E-state index in [-0.39, 0.29) is 30.7 Å². The molecule has 1 saturated heterocycles. The number of amides is 3. The normalized spacial score (nSPS) is 19.8. The van der Waals surface area contributed by atoms with Crippen LogP contribution in [0.4, 0.5) is 11.4 Å². The molecule has 0 bridgehead atoms. The van der Waals surface area contributed by atoms with Gasteiger partial charge in [-0.15, -0.1) is 0 Å². The van der Waals surface area contributed by atoms with Gasteiger partial charge in [0, 0.05) is 31.0 Å². The highest BCUT2D eigenvalue weighted by atomic mass is 35.5. The first-order chi connectivity index (χ1) is 15.4. The molecule has 2 aliphatic heterocycles. The highest BCUT2D eigenvalue weighted by Crippen LogP contribution is 2.44. The monoisotopic (exact) mass is 448 g/mol. The maximum atomic E-state index is 13.3. The SMILES string of the molecule is CC12CCC(=O)N1c1ccccc1C(=O)N2CCC(=O)Nc1ccc(Cl)c2ncccc12. The van der Waals surface area contributed by atoms with Crippen molar-refractivity contribution in [1.82, 2.24) is 9.88 Å². The standard InChI is InChI=1S/C24H21ClN4O3/c1-24-12-10-21(31)29(24)19-7-3-2-5-16(19)23(32)28(24)14-11-20(30)27-18-9-8-17(25)22-15(18)6-4-13-26-22/h2-9,13H,10-12,14H2,1H3,(H,27,30). The van der Waals surface area contributed by atoms with Crippen LogP contribution in [0.2, 0.25) is 5.02 Å². The van der Waals surface area contributed by atoms with Crippen molar-refractivity contribution in [2.45, 2.75) is 31.8 Å². The van der Waals surface area contributed by atoms with Gasteiger partial charge in [-0.2, -0.15) is 0 Å². The molecule has 0 spiro atoms. The number of halogens is 1. The lowest BCUT2D eigenvalue weighted by Gasteiger charge is -2.48. The first kappa shape index (κ1) is 20.5. The van der Waals surface area contributed by atoms with Crippen molar-refractivity contribution >= 4 is 51.6 Å². The third-order valence-corrected chi connectivity index (χ3v) is 6.61. The lowest BCUT2D eigenvalue weighted by atomic mass is 9.98. The molecule has 3 amide bonds. The highest BCUT2D eigenvalue weighted by molar-refractivity contribution is 6.35. The Kier molecular flexibility index (Phi) is 4.86. The van der Waals surface area contributed by atoms with Crippen molar-refractivity contribution in [3.8, 4) is 0 Å². The van der Waals surface area contributed by atoms with Gasteiger partial charge >= 0.3 is 0 Å². The van der Waals surface area contributed by atoms with Crippen molar-refractivity contribution in [3.05, 3.63) is 65.3 Å². The number of aromatic nitrogens is 1. The van der Waals surface area contributed by atoms with Crippen LogP contribution in [0.1, 0.15) is 36.5 Å². The lowest BCUT2D eigenvalue weighted by molar-refractivity contribution is -0.117. The summed E-state index contributed by atoms with van der Waals surface area (Å²) < 4.78 is 0. The van der Waals surface area contributed by atoms with E-state index < -0.39 is 5.66 Å². The molecule has 0 radical (unpaired) electrons. The van der Waals surface area contributed by atoms with E-state index in [0.29, 0.717) is 40.3 Å². The summed E-state index contributed by atoms with van der Waals surface area (Å²) in [6.45, 7) is 2.09. The van der Waals surface area contributed by atoms with Gasteiger partial charge in [-0.05, 0) is 49.7 Å². The number of hydrogen-bond donors (Lipinski definition) is 1. The molecule has 2 aliphatic rings. The molecule has 1 fully saturated rings. The largest absolute Gasteiger partial charge is 0.325 e. The molecule has 162 valence electrons. The number of carbonyl (C=O) groups excluding carboxylic acids is 3. The molecule has 1 unspecified atom stereocenters. The Bertz CT molecular complexity index is 1280. The molecule has 2 aromatic carbocycles. The van der Waals surface area contributed by atoms with Crippen LogP contribution in [0.15, 0.2) is 54.7 Å². The average molecular weight is 449 g/mol. The zero-order valence-electron chi connectivity index (χ0n) is 17.5. The third kappa shape index (κ3) is 3.12. The molecule has 1 atom stereocenters. The highest BCUT2D eigenvalue weighted by Gasteiger charge is 2.52. The van der Waals surface area contributed by atoms with E-state index in [9.17, 15) is 14.4 Å². The molecule has 5 rings (SSSR count). The van der Waals surface area contributed by atoms with E-state index in [4.69, 9.17) is 11.6 Å². The zero-order valence-corrected chi connectivity index (χ0v) is 18.2. The van der Waals surface area contributed by atoms with Crippen molar-refractivity contribution in [3.63, 3.8) is 0 Å². The number of para-hydroxylation sites is 1. The van der Waals surface area contributed by atoms with Gasteiger partial charge in [-0.25, -0.2) is 0 Å². The number of nitrogens with zero attached hydrogens (tertiary/aromatic N) is 3. The smallest absolute Gasteiger partial charge is 0.257 e. The number of carbonyl (C=O) groups is 3. The Hall–Kier alpha value is -3.45. The van der Waals surface area contributed by atoms with Gasteiger partial charge in [0.05, 0.1) is 27.5 Å². The van der Waals surface area contributed by atoms with Gasteiger partial charge in [-0.1, -0.05) is 23.7 Å². The van der Waals surface area contributed by atoms with Gasteiger partial charge in [0.25, 0.3) is 5.91 Å². The Morgan fingerprint density at radius 1 is 1.16 bits per heavy atom. The van der Waals surface area contributed by atoms with E-state index in [1.54, 1.807) is 52.4 Å². The molecule has 1 N–H and O–H groups in total. The van der Waals surface area contributed by atoms with Crippen LogP contribution < -0.4 is 10.2 Å². The minimum atomic E-state index is -0.778. The number of rotatable bonds is 4. The molecule has 3 aromatic rings. The molecule has 8 heteroatoms. The van der Waals surface area contributed by atoms with Gasteiger partial charge in [-0.3, -0.25) is 24.3 Å². The molecule has 0 aliphatic carbocycles. The maximum absolute atomic E-state index is 13.3. The van der Waals surface area contributed by atoms with Crippen LogP contribution >= 0.6 is 11.6 Å². The van der Waals surface area contributed by atoms with Crippen molar-refractivity contribution in [2.75, 3.05) is 16.8 Å². The summed E-state index contributed by atoms with van der Waals surface area (Å²) in [4.78, 5) is 46.4. The number of pyridine rings is 1. The summed E-state index contributed by atoms with van der Waals surface area (Å²) in [5.74, 6) is -0.409. The lowest BCUT2D eigenvalue weighted by Crippen LogP contribution is -2.62. The molecule has 1 aromatic heterocycles. The number of fused-ring (bicyclic) bond motifs is 4. The van der Waals surface area contributed by atoms with E-state index in [1.165, 1.54) is 0 Å². The Morgan fingerprint density at radius 3 is 2.81 bits per heavy atom. The van der Waals surface area contributed by atoms with Crippen LogP contribution in [0.5, 0.6) is 0 Å². The number of hydrogen-bond acceptors (Lipinski definition) is 4. The summed E-state index contributed by atoms with van der Waals surface area (Å²) in [7, 11) is 0. The van der Waals surface area contributed by atoms with Crippen LogP contribution in [-0.4, -0.2) is 39.8 Å². The molecule has 32 heavy (non-hydrogen) atoms. The summed E-state index contributed by atoms with van der Waals surface area (Å²) in [5.41, 5.74) is 1.57. The predicted molar refractivity (Wildman–Crippen MR) is 123 cm³/mol. The first-order valence-corrected chi connectivity index (χ1v) is 10.8. The van der Waals surface area contributed by atoms with Crippen molar-refractivity contribution in [1.29, 1.82) is 0 Å². The molecular weight excluding hydrogens is 428 g/mol. The average Bonchev–Trinajstić information content (AvgIpc) is 3.11. The van der Waals surface area contributed by atoms with Crippen molar-refractivity contribution < 1.29 is 14.4 Å². The van der Waals surface area contributed by atoms with E-state index in [1.807, 2.05) is 19.1 Å². The second kappa shape index (κ2) is 7.60. The second-order valence-corrected chi connectivity index (χ2v) is 8.62. The molecule has 7 nitrogen and oxygen atoms in total. The van der Waals surface area contributed by atoms with Gasteiger partial charge in [0.1, 0.15) is 5.66 Å².